The van der Waals surface area contributed by atoms with E-state index in [0.717, 1.165) is 42.7 Å². The normalized spacial score (nSPS) is 12.0. The molecule has 0 aliphatic rings. The fourth-order valence-corrected chi connectivity index (χ4v) is 4.42. The molecule has 31 heavy (non-hydrogen) atoms. The van der Waals surface area contributed by atoms with Crippen LogP contribution in [0, 0.1) is 0 Å². The van der Waals surface area contributed by atoms with Crippen LogP contribution in [0.1, 0.15) is 19.4 Å². The van der Waals surface area contributed by atoms with Crippen molar-refractivity contribution in [2.75, 3.05) is 19.6 Å². The number of H-pyrrole nitrogens is 2. The number of nitrogens with one attached hydrogen (secondary N) is 2. The maximum atomic E-state index is 13.4. The van der Waals surface area contributed by atoms with Crippen LogP contribution in [0.3, 0.4) is 0 Å². The summed E-state index contributed by atoms with van der Waals surface area (Å²) in [5.41, 5.74) is 4.05. The Labute approximate surface area is 179 Å². The fourth-order valence-electron chi connectivity index (χ4n) is 4.42. The molecule has 5 aromatic rings. The van der Waals surface area contributed by atoms with Crippen molar-refractivity contribution in [1.82, 2.24) is 14.9 Å². The zero-order chi connectivity index (χ0) is 21.5. The summed E-state index contributed by atoms with van der Waals surface area (Å²) in [5.74, 6) is 0. The SMILES string of the molecule is CCN(CC)CCc1ccc2[nH]c3cc4c(=O)c5ccccc5[nH]c4cc3c(=O)c2c1. The third kappa shape index (κ3) is 3.31. The summed E-state index contributed by atoms with van der Waals surface area (Å²) in [6, 6.07) is 17.1. The molecule has 0 radical (unpaired) electrons. The Hall–Kier alpha value is -3.44. The zero-order valence-electron chi connectivity index (χ0n) is 17.8. The third-order valence-electron chi connectivity index (χ3n) is 6.30. The number of pyridine rings is 2. The van der Waals surface area contributed by atoms with Crippen LogP contribution in [-0.2, 0) is 6.42 Å². The van der Waals surface area contributed by atoms with Gasteiger partial charge in [0.25, 0.3) is 0 Å². The minimum Gasteiger partial charge on any atom is -0.354 e. The van der Waals surface area contributed by atoms with Gasteiger partial charge in [0.1, 0.15) is 0 Å². The Balaban J connectivity index is 1.69. The number of para-hydroxylation sites is 1. The summed E-state index contributed by atoms with van der Waals surface area (Å²) in [6.07, 6.45) is 0.909. The van der Waals surface area contributed by atoms with Crippen LogP contribution in [0.4, 0.5) is 0 Å². The highest BCUT2D eigenvalue weighted by Gasteiger charge is 2.11. The minimum absolute atomic E-state index is 0.00986. The Bertz CT molecular complexity index is 1560. The van der Waals surface area contributed by atoms with Crippen molar-refractivity contribution in [1.29, 1.82) is 0 Å². The van der Waals surface area contributed by atoms with Crippen LogP contribution in [0.25, 0.3) is 43.6 Å². The van der Waals surface area contributed by atoms with Crippen molar-refractivity contribution in [3.05, 3.63) is 80.6 Å². The molecule has 0 fully saturated rings. The number of benzene rings is 3. The van der Waals surface area contributed by atoms with Gasteiger partial charge in [0.05, 0.1) is 11.0 Å². The predicted octanol–water partition coefficient (Wildman–Crippen LogP) is 4.56. The molecule has 0 amide bonds. The highest BCUT2D eigenvalue weighted by molar-refractivity contribution is 6.02. The molecule has 0 atom stereocenters. The van der Waals surface area contributed by atoms with Gasteiger partial charge in [-0.1, -0.05) is 32.0 Å². The standard InChI is InChI=1S/C26H25N3O2/c1-3-29(4-2)12-11-16-9-10-22-18(13-16)26(31)20-15-23-19(14-24(20)28-22)25(30)17-7-5-6-8-21(17)27-23/h5-10,13-15H,3-4,11-12H2,1-2H3,(H,27,30)(H,28,31). The number of nitrogens with zero attached hydrogens (tertiary/aromatic N) is 1. The maximum Gasteiger partial charge on any atom is 0.197 e. The number of hydrogen-bond donors (Lipinski definition) is 2. The summed E-state index contributed by atoms with van der Waals surface area (Å²) in [7, 11) is 0. The fraction of sp³-hybridized carbons (Fsp3) is 0.231. The summed E-state index contributed by atoms with van der Waals surface area (Å²) in [5, 5.41) is 2.51. The summed E-state index contributed by atoms with van der Waals surface area (Å²) < 4.78 is 0. The number of rotatable bonds is 5. The highest BCUT2D eigenvalue weighted by atomic mass is 16.1. The van der Waals surface area contributed by atoms with Crippen molar-refractivity contribution < 1.29 is 0 Å². The molecule has 5 heteroatoms. The van der Waals surface area contributed by atoms with Gasteiger partial charge >= 0.3 is 0 Å². The number of likely N-dealkylation sites (N-methyl/N-ethyl adjacent to an activating group) is 1. The summed E-state index contributed by atoms with van der Waals surface area (Å²) >= 11 is 0. The Morgan fingerprint density at radius 2 is 1.26 bits per heavy atom. The van der Waals surface area contributed by atoms with Crippen molar-refractivity contribution in [3.8, 4) is 0 Å². The van der Waals surface area contributed by atoms with E-state index in [1.54, 1.807) is 12.1 Å². The van der Waals surface area contributed by atoms with Gasteiger partial charge in [-0.2, -0.15) is 0 Å². The van der Waals surface area contributed by atoms with Gasteiger partial charge < -0.3 is 14.9 Å². The predicted molar refractivity (Wildman–Crippen MR) is 129 cm³/mol. The lowest BCUT2D eigenvalue weighted by Crippen LogP contribution is -2.25. The molecule has 2 heterocycles. The van der Waals surface area contributed by atoms with E-state index in [-0.39, 0.29) is 10.9 Å². The first-order chi connectivity index (χ1) is 15.1. The number of aromatic amines is 2. The van der Waals surface area contributed by atoms with Gasteiger partial charge in [-0.25, -0.2) is 0 Å². The van der Waals surface area contributed by atoms with E-state index in [0.29, 0.717) is 32.6 Å². The summed E-state index contributed by atoms with van der Waals surface area (Å²) in [6.45, 7) is 7.35. The monoisotopic (exact) mass is 411 g/mol. The van der Waals surface area contributed by atoms with E-state index in [2.05, 4.69) is 34.8 Å². The van der Waals surface area contributed by atoms with Crippen LogP contribution in [0.15, 0.2) is 64.2 Å². The van der Waals surface area contributed by atoms with E-state index in [1.807, 2.05) is 36.4 Å². The molecular weight excluding hydrogens is 386 g/mol. The highest BCUT2D eigenvalue weighted by Crippen LogP contribution is 2.22. The molecule has 0 aliphatic heterocycles. The molecule has 2 aromatic heterocycles. The van der Waals surface area contributed by atoms with E-state index in [9.17, 15) is 9.59 Å². The summed E-state index contributed by atoms with van der Waals surface area (Å²) in [4.78, 5) is 35.4. The second-order valence-corrected chi connectivity index (χ2v) is 8.05. The quantitative estimate of drug-likeness (QED) is 0.417. The number of fused-ring (bicyclic) bond motifs is 4. The number of hydrogen-bond acceptors (Lipinski definition) is 3. The second kappa shape index (κ2) is 7.67. The zero-order valence-corrected chi connectivity index (χ0v) is 17.8. The molecule has 5 rings (SSSR count). The van der Waals surface area contributed by atoms with Crippen molar-refractivity contribution in [2.45, 2.75) is 20.3 Å². The average Bonchev–Trinajstić information content (AvgIpc) is 2.80. The molecular formula is C26H25N3O2. The minimum atomic E-state index is -0.0288. The smallest absolute Gasteiger partial charge is 0.197 e. The second-order valence-electron chi connectivity index (χ2n) is 8.05. The van der Waals surface area contributed by atoms with Crippen LogP contribution < -0.4 is 10.9 Å². The van der Waals surface area contributed by atoms with Gasteiger partial charge in [-0.15, -0.1) is 0 Å². The van der Waals surface area contributed by atoms with E-state index in [1.165, 1.54) is 0 Å². The molecule has 0 unspecified atom stereocenters. The molecule has 156 valence electrons. The molecule has 0 saturated carbocycles. The first-order valence-corrected chi connectivity index (χ1v) is 10.8. The molecule has 3 aromatic carbocycles. The Morgan fingerprint density at radius 3 is 1.94 bits per heavy atom. The van der Waals surface area contributed by atoms with E-state index < -0.39 is 0 Å². The Morgan fingerprint density at radius 1 is 0.677 bits per heavy atom. The van der Waals surface area contributed by atoms with Gasteiger partial charge in [0, 0.05) is 39.1 Å². The molecule has 2 N–H and O–H groups in total. The lowest BCUT2D eigenvalue weighted by atomic mass is 10.0. The van der Waals surface area contributed by atoms with Gasteiger partial charge in [0.2, 0.25) is 0 Å². The molecule has 5 nitrogen and oxygen atoms in total. The van der Waals surface area contributed by atoms with Crippen molar-refractivity contribution in [2.24, 2.45) is 0 Å². The van der Waals surface area contributed by atoms with Gasteiger partial charge in [0.15, 0.2) is 10.9 Å². The van der Waals surface area contributed by atoms with Crippen molar-refractivity contribution in [3.63, 3.8) is 0 Å². The number of aromatic nitrogens is 2. The Kier molecular flexibility index (Phi) is 4.83. The molecule has 0 saturated heterocycles. The van der Waals surface area contributed by atoms with Crippen LogP contribution >= 0.6 is 0 Å². The third-order valence-corrected chi connectivity index (χ3v) is 6.30. The van der Waals surface area contributed by atoms with Crippen molar-refractivity contribution >= 4 is 43.6 Å². The maximum absolute atomic E-state index is 13.4. The van der Waals surface area contributed by atoms with E-state index >= 15 is 0 Å². The first-order valence-electron chi connectivity index (χ1n) is 10.8. The lowest BCUT2D eigenvalue weighted by Gasteiger charge is -2.17. The topological polar surface area (TPSA) is 69.0 Å². The van der Waals surface area contributed by atoms with Gasteiger partial charge in [-0.05, 0) is 61.5 Å². The lowest BCUT2D eigenvalue weighted by molar-refractivity contribution is 0.308. The largest absolute Gasteiger partial charge is 0.354 e. The molecule has 0 bridgehead atoms. The van der Waals surface area contributed by atoms with Crippen LogP contribution in [0.2, 0.25) is 0 Å². The first kappa shape index (κ1) is 19.5. The van der Waals surface area contributed by atoms with E-state index in [4.69, 9.17) is 0 Å². The molecule has 0 aliphatic carbocycles. The van der Waals surface area contributed by atoms with Crippen LogP contribution in [-0.4, -0.2) is 34.5 Å². The van der Waals surface area contributed by atoms with Crippen LogP contribution in [0.5, 0.6) is 0 Å². The molecule has 0 spiro atoms. The average molecular weight is 412 g/mol. The van der Waals surface area contributed by atoms with Gasteiger partial charge in [-0.3, -0.25) is 9.59 Å².